The topological polar surface area (TPSA) is 69.7 Å². The molecule has 3 heterocycles. The van der Waals surface area contributed by atoms with Crippen molar-refractivity contribution in [1.82, 2.24) is 25.6 Å². The van der Waals surface area contributed by atoms with Crippen LogP contribution in [0.15, 0.2) is 48.8 Å². The van der Waals surface area contributed by atoms with Gasteiger partial charge in [-0.15, -0.1) is 0 Å². The van der Waals surface area contributed by atoms with Gasteiger partial charge in [0.2, 0.25) is 0 Å². The van der Waals surface area contributed by atoms with Crippen LogP contribution < -0.4 is 15.6 Å². The summed E-state index contributed by atoms with van der Waals surface area (Å²) in [5.41, 5.74) is 8.76. The van der Waals surface area contributed by atoms with Crippen LogP contribution >= 0.6 is 0 Å². The lowest BCUT2D eigenvalue weighted by molar-refractivity contribution is 0.0545. The van der Waals surface area contributed by atoms with E-state index in [2.05, 4.69) is 32.9 Å². The van der Waals surface area contributed by atoms with Gasteiger partial charge in [0.25, 0.3) is 5.91 Å². The maximum atomic E-state index is 12.6. The predicted octanol–water partition coefficient (Wildman–Crippen LogP) is 1.41. The Hall–Kier alpha value is -2.48. The predicted molar refractivity (Wildman–Crippen MR) is 102 cm³/mol. The highest BCUT2D eigenvalue weighted by Gasteiger charge is 2.32. The number of piperazine rings is 1. The Bertz CT molecular complexity index is 760. The van der Waals surface area contributed by atoms with Crippen LogP contribution in [0.1, 0.15) is 28.4 Å². The number of carbonyl (C=O) groups excluding carboxylic acids is 1. The third kappa shape index (κ3) is 3.95. The van der Waals surface area contributed by atoms with E-state index < -0.39 is 0 Å². The van der Waals surface area contributed by atoms with E-state index in [4.69, 9.17) is 4.74 Å². The monoisotopic (exact) mass is 367 g/mol. The molecule has 0 saturated carbocycles. The van der Waals surface area contributed by atoms with Gasteiger partial charge in [0, 0.05) is 50.2 Å². The number of amides is 1. The molecule has 7 nitrogen and oxygen atoms in total. The van der Waals surface area contributed by atoms with Gasteiger partial charge in [-0.25, -0.2) is 10.9 Å². The van der Waals surface area contributed by atoms with Gasteiger partial charge in [-0.2, -0.15) is 0 Å². The number of benzene rings is 1. The van der Waals surface area contributed by atoms with Crippen molar-refractivity contribution in [2.24, 2.45) is 0 Å². The molecule has 2 aliphatic heterocycles. The summed E-state index contributed by atoms with van der Waals surface area (Å²) in [6.07, 6.45) is 4.59. The minimum Gasteiger partial charge on any atom is -0.497 e. The zero-order valence-electron chi connectivity index (χ0n) is 15.5. The van der Waals surface area contributed by atoms with Gasteiger partial charge in [0.05, 0.1) is 13.3 Å². The molecule has 2 unspecified atom stereocenters. The molecule has 7 heteroatoms. The molecule has 0 spiro atoms. The summed E-state index contributed by atoms with van der Waals surface area (Å²) in [6.45, 7) is 3.22. The summed E-state index contributed by atoms with van der Waals surface area (Å²) in [6, 6.07) is 12.0. The van der Waals surface area contributed by atoms with Crippen molar-refractivity contribution < 1.29 is 9.53 Å². The average Bonchev–Trinajstić information content (AvgIpc) is 3.24. The highest BCUT2D eigenvalue weighted by Crippen LogP contribution is 2.26. The molecule has 2 saturated heterocycles. The lowest BCUT2D eigenvalue weighted by Gasteiger charge is -2.37. The largest absolute Gasteiger partial charge is 0.497 e. The molecule has 2 aliphatic rings. The van der Waals surface area contributed by atoms with Gasteiger partial charge < -0.3 is 9.64 Å². The van der Waals surface area contributed by atoms with E-state index in [1.807, 2.05) is 17.0 Å². The second-order valence-electron chi connectivity index (χ2n) is 6.93. The third-order valence-corrected chi connectivity index (χ3v) is 5.37. The molecule has 2 fully saturated rings. The molecule has 1 aromatic heterocycles. The van der Waals surface area contributed by atoms with Crippen LogP contribution in [0.2, 0.25) is 0 Å². The van der Waals surface area contributed by atoms with Crippen LogP contribution in [0, 0.1) is 0 Å². The Labute approximate surface area is 159 Å². The van der Waals surface area contributed by atoms with E-state index in [0.717, 1.165) is 38.3 Å². The first kappa shape index (κ1) is 17.9. The van der Waals surface area contributed by atoms with Crippen molar-refractivity contribution in [3.05, 3.63) is 59.9 Å². The van der Waals surface area contributed by atoms with Gasteiger partial charge in [-0.05, 0) is 36.2 Å². The number of nitrogens with one attached hydrogen (secondary N) is 2. The summed E-state index contributed by atoms with van der Waals surface area (Å²) < 4.78 is 5.23. The van der Waals surface area contributed by atoms with E-state index >= 15 is 0 Å². The van der Waals surface area contributed by atoms with Gasteiger partial charge in [0.15, 0.2) is 0 Å². The number of rotatable bonds is 4. The third-order valence-electron chi connectivity index (χ3n) is 5.37. The standard InChI is InChI=1S/C20H25N5O2/c1-27-17-4-2-15(3-5-17)18-14-19(23-22-18)24-10-12-25(13-11-24)20(26)16-6-8-21-9-7-16/h2-9,18-19,22-23H,10-14H2,1H3. The summed E-state index contributed by atoms with van der Waals surface area (Å²) in [7, 11) is 1.68. The van der Waals surface area contributed by atoms with Crippen molar-refractivity contribution in [1.29, 1.82) is 0 Å². The minimum atomic E-state index is 0.0886. The van der Waals surface area contributed by atoms with Crippen molar-refractivity contribution in [3.8, 4) is 5.75 Å². The maximum absolute atomic E-state index is 12.6. The molecule has 0 aliphatic carbocycles. The van der Waals surface area contributed by atoms with Gasteiger partial charge in [-0.1, -0.05) is 12.1 Å². The fourth-order valence-electron chi connectivity index (χ4n) is 3.75. The van der Waals surface area contributed by atoms with E-state index in [1.54, 1.807) is 31.6 Å². The van der Waals surface area contributed by atoms with E-state index in [9.17, 15) is 4.79 Å². The highest BCUT2D eigenvalue weighted by atomic mass is 16.5. The first-order valence-electron chi connectivity index (χ1n) is 9.33. The molecule has 2 N–H and O–H groups in total. The average molecular weight is 367 g/mol. The quantitative estimate of drug-likeness (QED) is 0.852. The van der Waals surface area contributed by atoms with Crippen LogP contribution in [-0.4, -0.2) is 60.1 Å². The van der Waals surface area contributed by atoms with Gasteiger partial charge in [0.1, 0.15) is 5.75 Å². The normalized spacial score (nSPS) is 23.4. The first-order chi connectivity index (χ1) is 13.2. The lowest BCUT2D eigenvalue weighted by Crippen LogP contribution is -2.55. The van der Waals surface area contributed by atoms with Gasteiger partial charge in [-0.3, -0.25) is 14.7 Å². The summed E-state index contributed by atoms with van der Waals surface area (Å²) in [5, 5.41) is 0. The molecule has 0 radical (unpaired) electrons. The molecule has 4 rings (SSSR count). The SMILES string of the molecule is COc1ccc(C2CC(N3CCN(C(=O)c4ccncc4)CC3)NN2)cc1. The summed E-state index contributed by atoms with van der Waals surface area (Å²) in [5.74, 6) is 0.960. The Kier molecular flexibility index (Phi) is 5.33. The van der Waals surface area contributed by atoms with Gasteiger partial charge >= 0.3 is 0 Å². The smallest absolute Gasteiger partial charge is 0.254 e. The molecule has 142 valence electrons. The number of aromatic nitrogens is 1. The van der Waals surface area contributed by atoms with Crippen LogP contribution in [0.4, 0.5) is 0 Å². The Morgan fingerprint density at radius 3 is 2.41 bits per heavy atom. The second kappa shape index (κ2) is 8.04. The number of pyridine rings is 1. The number of hydrogen-bond acceptors (Lipinski definition) is 6. The first-order valence-corrected chi connectivity index (χ1v) is 9.33. The number of carbonyl (C=O) groups is 1. The van der Waals surface area contributed by atoms with Crippen LogP contribution in [-0.2, 0) is 0 Å². The lowest BCUT2D eigenvalue weighted by atomic mass is 10.0. The van der Waals surface area contributed by atoms with Crippen molar-refractivity contribution >= 4 is 5.91 Å². The number of nitrogens with zero attached hydrogens (tertiary/aromatic N) is 3. The van der Waals surface area contributed by atoms with Crippen molar-refractivity contribution in [3.63, 3.8) is 0 Å². The molecule has 27 heavy (non-hydrogen) atoms. The highest BCUT2D eigenvalue weighted by molar-refractivity contribution is 5.94. The van der Waals surface area contributed by atoms with Crippen molar-refractivity contribution in [2.45, 2.75) is 18.6 Å². The minimum absolute atomic E-state index is 0.0886. The molecular weight excluding hydrogens is 342 g/mol. The number of ether oxygens (including phenoxy) is 1. The molecule has 2 atom stereocenters. The molecule has 1 aromatic carbocycles. The summed E-state index contributed by atoms with van der Waals surface area (Å²) >= 11 is 0. The molecule has 0 bridgehead atoms. The zero-order chi connectivity index (χ0) is 18.6. The maximum Gasteiger partial charge on any atom is 0.254 e. The Balaban J connectivity index is 1.30. The van der Waals surface area contributed by atoms with Crippen LogP contribution in [0.5, 0.6) is 5.75 Å². The number of hydrogen-bond donors (Lipinski definition) is 2. The second-order valence-corrected chi connectivity index (χ2v) is 6.93. The fraction of sp³-hybridized carbons (Fsp3) is 0.400. The molecule has 1 amide bonds. The van der Waals surface area contributed by atoms with E-state index in [-0.39, 0.29) is 18.1 Å². The van der Waals surface area contributed by atoms with E-state index in [0.29, 0.717) is 5.56 Å². The number of methoxy groups -OCH3 is 1. The van der Waals surface area contributed by atoms with Crippen LogP contribution in [0.25, 0.3) is 0 Å². The van der Waals surface area contributed by atoms with Crippen molar-refractivity contribution in [2.75, 3.05) is 33.3 Å². The Morgan fingerprint density at radius 2 is 1.74 bits per heavy atom. The molecular formula is C20H25N5O2. The van der Waals surface area contributed by atoms with E-state index in [1.165, 1.54) is 5.56 Å². The number of hydrazine groups is 1. The molecule has 2 aromatic rings. The summed E-state index contributed by atoms with van der Waals surface area (Å²) in [4.78, 5) is 20.9. The van der Waals surface area contributed by atoms with Crippen LogP contribution in [0.3, 0.4) is 0 Å². The fourth-order valence-corrected chi connectivity index (χ4v) is 3.75. The Morgan fingerprint density at radius 1 is 1.04 bits per heavy atom. The zero-order valence-corrected chi connectivity index (χ0v) is 15.5.